The zero-order valence-electron chi connectivity index (χ0n) is 15.0. The molecule has 3 rings (SSSR count). The summed E-state index contributed by atoms with van der Waals surface area (Å²) in [5.41, 5.74) is 1.43. The van der Waals surface area contributed by atoms with Crippen LogP contribution in [0.5, 0.6) is 0 Å². The molecule has 2 N–H and O–H groups in total. The van der Waals surface area contributed by atoms with Gasteiger partial charge in [-0.25, -0.2) is 4.68 Å². The number of carbonyl (C=O) groups is 1. The molecule has 2 aromatic carbocycles. The second-order valence-electron chi connectivity index (χ2n) is 6.65. The van der Waals surface area contributed by atoms with Crippen LogP contribution >= 0.6 is 0 Å². The summed E-state index contributed by atoms with van der Waals surface area (Å²) in [5.74, 6) is -0.198. The summed E-state index contributed by atoms with van der Waals surface area (Å²) < 4.78 is 1.78. The van der Waals surface area contributed by atoms with Crippen molar-refractivity contribution in [3.05, 3.63) is 84.2 Å². The fourth-order valence-corrected chi connectivity index (χ4v) is 2.95. The molecule has 26 heavy (non-hydrogen) atoms. The van der Waals surface area contributed by atoms with Gasteiger partial charge < -0.3 is 10.4 Å². The molecule has 1 heterocycles. The molecule has 5 nitrogen and oxygen atoms in total. The van der Waals surface area contributed by atoms with E-state index in [1.807, 2.05) is 73.8 Å². The SMILES string of the molecule is CC(NC(=O)CC(C)(O)c1ccccc1)c1cccc(-n2cccn2)c1. The zero-order valence-corrected chi connectivity index (χ0v) is 15.0. The van der Waals surface area contributed by atoms with Gasteiger partial charge in [-0.3, -0.25) is 4.79 Å². The third-order valence-electron chi connectivity index (χ3n) is 4.42. The number of hydrogen-bond acceptors (Lipinski definition) is 3. The summed E-state index contributed by atoms with van der Waals surface area (Å²) >= 11 is 0. The van der Waals surface area contributed by atoms with Crippen LogP contribution in [0.3, 0.4) is 0 Å². The van der Waals surface area contributed by atoms with Gasteiger partial charge in [0.15, 0.2) is 0 Å². The molecule has 3 aromatic rings. The minimum atomic E-state index is -1.21. The summed E-state index contributed by atoms with van der Waals surface area (Å²) in [5, 5.41) is 17.8. The van der Waals surface area contributed by atoms with Crippen LogP contribution in [0.1, 0.15) is 37.4 Å². The lowest BCUT2D eigenvalue weighted by molar-refractivity contribution is -0.126. The van der Waals surface area contributed by atoms with E-state index < -0.39 is 5.60 Å². The Morgan fingerprint density at radius 3 is 2.65 bits per heavy atom. The van der Waals surface area contributed by atoms with Crippen LogP contribution in [0, 0.1) is 0 Å². The van der Waals surface area contributed by atoms with Crippen LogP contribution in [0.25, 0.3) is 5.69 Å². The van der Waals surface area contributed by atoms with Gasteiger partial charge in [-0.2, -0.15) is 5.10 Å². The Labute approximate surface area is 153 Å². The Morgan fingerprint density at radius 1 is 1.19 bits per heavy atom. The first-order valence-corrected chi connectivity index (χ1v) is 8.63. The van der Waals surface area contributed by atoms with E-state index in [4.69, 9.17) is 0 Å². The molecule has 0 radical (unpaired) electrons. The van der Waals surface area contributed by atoms with Gasteiger partial charge >= 0.3 is 0 Å². The highest BCUT2D eigenvalue weighted by molar-refractivity contribution is 5.77. The highest BCUT2D eigenvalue weighted by Gasteiger charge is 2.27. The van der Waals surface area contributed by atoms with Crippen LogP contribution in [0.2, 0.25) is 0 Å². The first kappa shape index (κ1) is 17.9. The molecular weight excluding hydrogens is 326 g/mol. The summed E-state index contributed by atoms with van der Waals surface area (Å²) in [6.45, 7) is 3.59. The average Bonchev–Trinajstić information content (AvgIpc) is 3.17. The third-order valence-corrected chi connectivity index (χ3v) is 4.42. The smallest absolute Gasteiger partial charge is 0.223 e. The molecule has 134 valence electrons. The summed E-state index contributed by atoms with van der Waals surface area (Å²) in [4.78, 5) is 12.4. The summed E-state index contributed by atoms with van der Waals surface area (Å²) in [6.07, 6.45) is 3.60. The fourth-order valence-electron chi connectivity index (χ4n) is 2.95. The minimum Gasteiger partial charge on any atom is -0.385 e. The predicted molar refractivity (Wildman–Crippen MR) is 101 cm³/mol. The summed E-state index contributed by atoms with van der Waals surface area (Å²) in [7, 11) is 0. The lowest BCUT2D eigenvalue weighted by Gasteiger charge is -2.24. The van der Waals surface area contributed by atoms with E-state index in [1.54, 1.807) is 17.8 Å². The molecule has 5 heteroatoms. The van der Waals surface area contributed by atoms with Gasteiger partial charge in [0.25, 0.3) is 0 Å². The van der Waals surface area contributed by atoms with E-state index in [-0.39, 0.29) is 18.4 Å². The highest BCUT2D eigenvalue weighted by Crippen LogP contribution is 2.25. The van der Waals surface area contributed by atoms with Crippen LogP contribution in [-0.4, -0.2) is 20.8 Å². The Bertz CT molecular complexity index is 858. The molecule has 0 aliphatic rings. The van der Waals surface area contributed by atoms with E-state index in [0.29, 0.717) is 0 Å². The van der Waals surface area contributed by atoms with Gasteiger partial charge in [0, 0.05) is 12.4 Å². The number of aromatic nitrogens is 2. The maximum atomic E-state index is 12.4. The standard InChI is InChI=1S/C21H23N3O2/c1-16(17-8-6-11-19(14-17)24-13-7-12-22-24)23-20(25)15-21(2,26)18-9-4-3-5-10-18/h3-14,16,26H,15H2,1-2H3,(H,23,25). The molecule has 0 fully saturated rings. The highest BCUT2D eigenvalue weighted by atomic mass is 16.3. The third kappa shape index (κ3) is 4.18. The molecule has 2 atom stereocenters. The maximum absolute atomic E-state index is 12.4. The number of hydrogen-bond donors (Lipinski definition) is 2. The van der Waals surface area contributed by atoms with Crippen molar-refractivity contribution in [2.24, 2.45) is 0 Å². The number of nitrogens with one attached hydrogen (secondary N) is 1. The van der Waals surface area contributed by atoms with E-state index in [1.165, 1.54) is 0 Å². The number of benzene rings is 2. The van der Waals surface area contributed by atoms with E-state index in [9.17, 15) is 9.90 Å². The molecule has 0 aliphatic carbocycles. The van der Waals surface area contributed by atoms with Crippen molar-refractivity contribution >= 4 is 5.91 Å². The number of nitrogens with zero attached hydrogens (tertiary/aromatic N) is 2. The Balaban J connectivity index is 1.67. The molecule has 1 amide bonds. The van der Waals surface area contributed by atoms with Crippen molar-refractivity contribution in [3.8, 4) is 5.69 Å². The molecule has 0 spiro atoms. The second kappa shape index (κ2) is 7.54. The van der Waals surface area contributed by atoms with Crippen LogP contribution in [0.15, 0.2) is 73.1 Å². The molecule has 0 saturated heterocycles. The lowest BCUT2D eigenvalue weighted by atomic mass is 9.92. The van der Waals surface area contributed by atoms with Crippen molar-refractivity contribution in [1.29, 1.82) is 0 Å². The molecule has 1 aromatic heterocycles. The van der Waals surface area contributed by atoms with Crippen molar-refractivity contribution in [2.45, 2.75) is 31.9 Å². The molecular formula is C21H23N3O2. The Hall–Kier alpha value is -2.92. The number of carbonyl (C=O) groups excluding carboxylic acids is 1. The number of rotatable bonds is 6. The van der Waals surface area contributed by atoms with Gasteiger partial charge in [0.05, 0.1) is 23.8 Å². The van der Waals surface area contributed by atoms with Crippen molar-refractivity contribution in [3.63, 3.8) is 0 Å². The summed E-state index contributed by atoms with van der Waals surface area (Å²) in [6, 6.07) is 18.8. The normalized spacial score (nSPS) is 14.4. The van der Waals surface area contributed by atoms with E-state index >= 15 is 0 Å². The van der Waals surface area contributed by atoms with E-state index in [2.05, 4.69) is 10.4 Å². The van der Waals surface area contributed by atoms with Crippen LogP contribution in [0.4, 0.5) is 0 Å². The predicted octanol–water partition coefficient (Wildman–Crippen LogP) is 3.35. The van der Waals surface area contributed by atoms with Crippen LogP contribution < -0.4 is 5.32 Å². The first-order valence-electron chi connectivity index (χ1n) is 8.63. The topological polar surface area (TPSA) is 67.2 Å². The minimum absolute atomic E-state index is 0.000199. The lowest BCUT2D eigenvalue weighted by Crippen LogP contribution is -2.34. The first-order chi connectivity index (χ1) is 12.5. The van der Waals surface area contributed by atoms with Gasteiger partial charge in [0.2, 0.25) is 5.91 Å². The monoisotopic (exact) mass is 349 g/mol. The van der Waals surface area contributed by atoms with Gasteiger partial charge in [-0.05, 0) is 43.2 Å². The number of aliphatic hydroxyl groups is 1. The van der Waals surface area contributed by atoms with Crippen molar-refractivity contribution in [1.82, 2.24) is 15.1 Å². The molecule has 2 unspecified atom stereocenters. The zero-order chi connectivity index (χ0) is 18.6. The maximum Gasteiger partial charge on any atom is 0.223 e. The Kier molecular flexibility index (Phi) is 5.19. The molecule has 0 bridgehead atoms. The van der Waals surface area contributed by atoms with Crippen molar-refractivity contribution < 1.29 is 9.90 Å². The van der Waals surface area contributed by atoms with E-state index in [0.717, 1.165) is 16.8 Å². The molecule has 0 saturated carbocycles. The van der Waals surface area contributed by atoms with Gasteiger partial charge in [-0.15, -0.1) is 0 Å². The molecule has 0 aliphatic heterocycles. The number of amides is 1. The van der Waals surface area contributed by atoms with Crippen LogP contribution in [-0.2, 0) is 10.4 Å². The second-order valence-corrected chi connectivity index (χ2v) is 6.65. The average molecular weight is 349 g/mol. The van der Waals surface area contributed by atoms with Crippen molar-refractivity contribution in [2.75, 3.05) is 0 Å². The Morgan fingerprint density at radius 2 is 1.96 bits per heavy atom. The van der Waals surface area contributed by atoms with Gasteiger partial charge in [0.1, 0.15) is 0 Å². The largest absolute Gasteiger partial charge is 0.385 e. The van der Waals surface area contributed by atoms with Gasteiger partial charge in [-0.1, -0.05) is 42.5 Å². The quantitative estimate of drug-likeness (QED) is 0.717. The fraction of sp³-hybridized carbons (Fsp3) is 0.238.